The second-order valence-electron chi connectivity index (χ2n) is 8.86. The molecular weight excluding hydrogens is 456 g/mol. The second-order valence-corrected chi connectivity index (χ2v) is 8.86. The fourth-order valence-corrected chi connectivity index (χ4v) is 4.84. The number of piperazine rings is 1. The molecule has 2 fully saturated rings. The zero-order valence-corrected chi connectivity index (χ0v) is 18.5. The molecule has 1 aromatic heterocycles. The summed E-state index contributed by atoms with van der Waals surface area (Å²) in [6, 6.07) is 4.23. The number of aromatic nitrogens is 2. The van der Waals surface area contributed by atoms with Crippen LogP contribution in [0.1, 0.15) is 59.8 Å². The van der Waals surface area contributed by atoms with Crippen LogP contribution >= 0.6 is 0 Å². The van der Waals surface area contributed by atoms with E-state index in [4.69, 9.17) is 0 Å². The van der Waals surface area contributed by atoms with E-state index in [0.29, 0.717) is 11.6 Å². The topological polar surface area (TPSA) is 86.4 Å². The molecule has 0 radical (unpaired) electrons. The molecule has 1 saturated carbocycles. The number of carbonyl (C=O) groups is 2. The Morgan fingerprint density at radius 3 is 2.53 bits per heavy atom. The van der Waals surface area contributed by atoms with Crippen LogP contribution in [0.15, 0.2) is 29.1 Å². The van der Waals surface area contributed by atoms with Crippen LogP contribution in [0, 0.1) is 5.82 Å². The third-order valence-corrected chi connectivity index (χ3v) is 6.39. The number of nitrogens with zero attached hydrogens (tertiary/aromatic N) is 3. The summed E-state index contributed by atoms with van der Waals surface area (Å²) < 4.78 is 53.6. The first-order chi connectivity index (χ1) is 16.0. The van der Waals surface area contributed by atoms with Gasteiger partial charge in [-0.05, 0) is 43.5 Å². The summed E-state index contributed by atoms with van der Waals surface area (Å²) in [7, 11) is 0. The molecular formula is C23H24F4N4O3. The average Bonchev–Trinajstić information content (AvgIpc) is 3.29. The molecule has 1 saturated heterocycles. The molecule has 4 rings (SSSR count). The molecule has 1 aliphatic carbocycles. The largest absolute Gasteiger partial charge is 0.421 e. The van der Waals surface area contributed by atoms with Crippen molar-refractivity contribution in [3.8, 4) is 0 Å². The van der Waals surface area contributed by atoms with Crippen molar-refractivity contribution in [2.75, 3.05) is 13.1 Å². The van der Waals surface area contributed by atoms with Gasteiger partial charge in [0.1, 0.15) is 17.9 Å². The molecule has 11 heteroatoms. The summed E-state index contributed by atoms with van der Waals surface area (Å²) >= 11 is 0. The van der Waals surface area contributed by atoms with E-state index in [9.17, 15) is 31.9 Å². The number of aromatic amines is 1. The molecule has 2 aliphatic rings. The van der Waals surface area contributed by atoms with Crippen molar-refractivity contribution in [2.45, 2.75) is 57.3 Å². The first kappa shape index (κ1) is 23.9. The molecule has 1 N–H and O–H groups in total. The Hall–Kier alpha value is -3.24. The third-order valence-electron chi connectivity index (χ3n) is 6.39. The molecule has 0 spiro atoms. The van der Waals surface area contributed by atoms with Crippen molar-refractivity contribution in [1.82, 2.24) is 20.0 Å². The fourth-order valence-electron chi connectivity index (χ4n) is 4.84. The molecule has 0 bridgehead atoms. The van der Waals surface area contributed by atoms with Crippen LogP contribution in [-0.2, 0) is 17.4 Å². The molecule has 2 aromatic rings. The third kappa shape index (κ3) is 4.83. The summed E-state index contributed by atoms with van der Waals surface area (Å²) in [5.41, 5.74) is -2.77. The van der Waals surface area contributed by atoms with Gasteiger partial charge in [-0.15, -0.1) is 0 Å². The van der Waals surface area contributed by atoms with Crippen molar-refractivity contribution in [2.24, 2.45) is 0 Å². The summed E-state index contributed by atoms with van der Waals surface area (Å²) in [5.74, 6) is -1.62. The van der Waals surface area contributed by atoms with E-state index in [1.807, 2.05) is 16.9 Å². The molecule has 7 nitrogen and oxygen atoms in total. The highest BCUT2D eigenvalue weighted by molar-refractivity contribution is 5.97. The minimum absolute atomic E-state index is 0.0917. The molecule has 34 heavy (non-hydrogen) atoms. The molecule has 0 unspecified atom stereocenters. The van der Waals surface area contributed by atoms with E-state index in [1.54, 1.807) is 0 Å². The second kappa shape index (κ2) is 9.19. The van der Waals surface area contributed by atoms with Gasteiger partial charge in [0, 0.05) is 25.0 Å². The number of halogens is 4. The molecule has 1 aliphatic heterocycles. The molecule has 2 amide bonds. The zero-order chi connectivity index (χ0) is 24.6. The molecule has 182 valence electrons. The number of carbonyl (C=O) groups excluding carboxylic acids is 2. The van der Waals surface area contributed by atoms with Gasteiger partial charge in [0.25, 0.3) is 11.5 Å². The zero-order valence-electron chi connectivity index (χ0n) is 18.5. The van der Waals surface area contributed by atoms with Gasteiger partial charge in [-0.2, -0.15) is 18.3 Å². The Labute approximate surface area is 192 Å². The van der Waals surface area contributed by atoms with Crippen LogP contribution in [0.25, 0.3) is 0 Å². The summed E-state index contributed by atoms with van der Waals surface area (Å²) in [6.45, 7) is 1.98. The Kier molecular flexibility index (Phi) is 6.46. The molecule has 1 atom stereocenters. The number of benzene rings is 1. The van der Waals surface area contributed by atoms with Gasteiger partial charge in [-0.25, -0.2) is 9.49 Å². The van der Waals surface area contributed by atoms with Gasteiger partial charge in [-0.1, -0.05) is 18.9 Å². The lowest BCUT2D eigenvalue weighted by atomic mass is 10.0. The van der Waals surface area contributed by atoms with Gasteiger partial charge in [-0.3, -0.25) is 14.4 Å². The van der Waals surface area contributed by atoms with Crippen LogP contribution in [0.2, 0.25) is 0 Å². The highest BCUT2D eigenvalue weighted by Gasteiger charge is 2.38. The predicted molar refractivity (Wildman–Crippen MR) is 114 cm³/mol. The van der Waals surface area contributed by atoms with E-state index in [0.717, 1.165) is 31.7 Å². The maximum atomic E-state index is 14.5. The van der Waals surface area contributed by atoms with Crippen molar-refractivity contribution in [3.05, 3.63) is 62.8 Å². The highest BCUT2D eigenvalue weighted by Crippen LogP contribution is 2.29. The smallest absolute Gasteiger partial charge is 0.334 e. The highest BCUT2D eigenvalue weighted by atomic mass is 19.4. The Bertz CT molecular complexity index is 1160. The van der Waals surface area contributed by atoms with E-state index in [2.05, 4.69) is 5.10 Å². The monoisotopic (exact) mass is 480 g/mol. The lowest BCUT2D eigenvalue weighted by Gasteiger charge is -2.42. The fraction of sp³-hybridized carbons (Fsp3) is 0.478. The quantitative estimate of drug-likeness (QED) is 0.682. The number of hydrogen-bond donors (Lipinski definition) is 1. The minimum atomic E-state index is -4.85. The number of amides is 2. The van der Waals surface area contributed by atoms with Gasteiger partial charge < -0.3 is 9.80 Å². The number of hydrogen-bond acceptors (Lipinski definition) is 4. The van der Waals surface area contributed by atoms with Gasteiger partial charge in [0.15, 0.2) is 0 Å². The first-order valence-electron chi connectivity index (χ1n) is 11.1. The standard InChI is InChI=1S/C23H24F4N4O3/c1-13-11-30(12-20(32)31(13)16-4-2-3-5-16)22(34)17-9-14(6-7-19(17)24)8-15-10-18(23(25,26)27)21(33)29-28-15/h6-7,9-10,13,16H,2-5,8,11-12H2,1H3,(H,29,33)/t13-/m0/s1. The number of rotatable bonds is 4. The lowest BCUT2D eigenvalue weighted by molar-refractivity contribution is -0.141. The van der Waals surface area contributed by atoms with Crippen LogP contribution in [0.4, 0.5) is 17.6 Å². The van der Waals surface area contributed by atoms with Gasteiger partial charge in [0.2, 0.25) is 5.91 Å². The number of H-pyrrole nitrogens is 1. The Balaban J connectivity index is 1.53. The molecule has 2 heterocycles. The Morgan fingerprint density at radius 1 is 1.18 bits per heavy atom. The maximum absolute atomic E-state index is 14.5. The predicted octanol–water partition coefficient (Wildman–Crippen LogP) is 3.13. The van der Waals surface area contributed by atoms with Crippen LogP contribution in [0.3, 0.4) is 0 Å². The number of nitrogens with one attached hydrogen (secondary N) is 1. The van der Waals surface area contributed by atoms with Crippen molar-refractivity contribution < 1.29 is 27.2 Å². The van der Waals surface area contributed by atoms with E-state index < -0.39 is 29.0 Å². The average molecular weight is 480 g/mol. The summed E-state index contributed by atoms with van der Waals surface area (Å²) in [6.07, 6.45) is -0.998. The number of alkyl halides is 3. The van der Waals surface area contributed by atoms with Crippen LogP contribution in [0.5, 0.6) is 0 Å². The van der Waals surface area contributed by atoms with E-state index >= 15 is 0 Å². The van der Waals surface area contributed by atoms with E-state index in [1.165, 1.54) is 17.0 Å². The minimum Gasteiger partial charge on any atom is -0.334 e. The van der Waals surface area contributed by atoms with Gasteiger partial charge >= 0.3 is 6.18 Å². The van der Waals surface area contributed by atoms with Crippen molar-refractivity contribution >= 4 is 11.8 Å². The first-order valence-corrected chi connectivity index (χ1v) is 11.1. The summed E-state index contributed by atoms with van der Waals surface area (Å²) in [5, 5.41) is 5.44. The van der Waals surface area contributed by atoms with Gasteiger partial charge in [0.05, 0.1) is 11.3 Å². The Morgan fingerprint density at radius 2 is 1.88 bits per heavy atom. The van der Waals surface area contributed by atoms with Crippen molar-refractivity contribution in [3.63, 3.8) is 0 Å². The van der Waals surface area contributed by atoms with Crippen LogP contribution in [-0.4, -0.2) is 57.0 Å². The normalized spacial score (nSPS) is 19.7. The summed E-state index contributed by atoms with van der Waals surface area (Å²) in [4.78, 5) is 40.4. The SMILES string of the molecule is C[C@H]1CN(C(=O)c2cc(Cc3cc(C(F)(F)F)c(=O)[nH]n3)ccc2F)CC(=O)N1C1CCCC1. The molecule has 1 aromatic carbocycles. The van der Waals surface area contributed by atoms with Crippen molar-refractivity contribution in [1.29, 1.82) is 0 Å². The maximum Gasteiger partial charge on any atom is 0.421 e. The van der Waals surface area contributed by atoms with Crippen LogP contribution < -0.4 is 5.56 Å². The van der Waals surface area contributed by atoms with E-state index in [-0.39, 0.29) is 48.8 Å². The lowest BCUT2D eigenvalue weighted by Crippen LogP contribution is -2.59.